The lowest BCUT2D eigenvalue weighted by atomic mass is 9.93. The van der Waals surface area contributed by atoms with Gasteiger partial charge in [-0.3, -0.25) is 9.48 Å². The summed E-state index contributed by atoms with van der Waals surface area (Å²) in [6.45, 7) is 1.11. The summed E-state index contributed by atoms with van der Waals surface area (Å²) in [6.07, 6.45) is 9.19. The van der Waals surface area contributed by atoms with E-state index >= 15 is 0 Å². The van der Waals surface area contributed by atoms with Crippen LogP contribution < -0.4 is 10.6 Å². The fourth-order valence-corrected chi connectivity index (χ4v) is 3.43. The van der Waals surface area contributed by atoms with Crippen molar-refractivity contribution in [1.82, 2.24) is 20.4 Å². The van der Waals surface area contributed by atoms with Gasteiger partial charge in [-0.1, -0.05) is 0 Å². The van der Waals surface area contributed by atoms with E-state index in [0.29, 0.717) is 12.5 Å². The lowest BCUT2D eigenvalue weighted by Crippen LogP contribution is -2.32. The van der Waals surface area contributed by atoms with E-state index in [1.807, 2.05) is 17.9 Å². The molecule has 0 spiro atoms. The molecule has 2 unspecified atom stereocenters. The number of nitrogens with one attached hydrogen (secondary N) is 2. The Morgan fingerprint density at radius 1 is 1.50 bits per heavy atom. The van der Waals surface area contributed by atoms with E-state index in [1.54, 1.807) is 0 Å². The number of hydrogen-bond donors (Lipinski definition) is 2. The van der Waals surface area contributed by atoms with Gasteiger partial charge in [-0.2, -0.15) is 5.10 Å². The first-order valence-corrected chi connectivity index (χ1v) is 7.77. The van der Waals surface area contributed by atoms with Crippen LogP contribution in [0.5, 0.6) is 0 Å². The smallest absolute Gasteiger partial charge is 0.220 e. The number of aromatic nitrogens is 2. The Hall–Kier alpha value is -1.36. The predicted octanol–water partition coefficient (Wildman–Crippen LogP) is 1.45. The van der Waals surface area contributed by atoms with Gasteiger partial charge in [0.25, 0.3) is 0 Å². The molecule has 5 heteroatoms. The third-order valence-corrected chi connectivity index (χ3v) is 4.59. The molecular weight excluding hydrogens is 252 g/mol. The van der Waals surface area contributed by atoms with Crippen LogP contribution in [0, 0.1) is 0 Å². The monoisotopic (exact) mass is 276 g/mol. The second-order valence-electron chi connectivity index (χ2n) is 6.01. The van der Waals surface area contributed by atoms with Crippen LogP contribution in [0.4, 0.5) is 0 Å². The molecule has 2 heterocycles. The number of carbonyl (C=O) groups excluding carboxylic acids is 1. The van der Waals surface area contributed by atoms with Crippen LogP contribution in [0.2, 0.25) is 0 Å². The zero-order valence-electron chi connectivity index (χ0n) is 12.2. The Kier molecular flexibility index (Phi) is 4.05. The topological polar surface area (TPSA) is 59.0 Å². The fraction of sp³-hybridized carbons (Fsp3) is 0.733. The molecule has 20 heavy (non-hydrogen) atoms. The first-order chi connectivity index (χ1) is 9.74. The predicted molar refractivity (Wildman–Crippen MR) is 77.3 cm³/mol. The zero-order chi connectivity index (χ0) is 13.9. The Bertz CT molecular complexity index is 476. The number of fused-ring (bicyclic) bond motifs is 1. The van der Waals surface area contributed by atoms with Gasteiger partial charge in [0.05, 0.1) is 12.2 Å². The van der Waals surface area contributed by atoms with Crippen molar-refractivity contribution in [3.05, 3.63) is 17.5 Å². The maximum atomic E-state index is 12.1. The van der Waals surface area contributed by atoms with Gasteiger partial charge in [0.15, 0.2) is 0 Å². The highest BCUT2D eigenvalue weighted by molar-refractivity contribution is 5.76. The molecule has 1 aromatic rings. The molecule has 5 nitrogen and oxygen atoms in total. The second kappa shape index (κ2) is 5.95. The van der Waals surface area contributed by atoms with Crippen molar-refractivity contribution >= 4 is 5.91 Å². The third-order valence-electron chi connectivity index (χ3n) is 4.59. The Morgan fingerprint density at radius 3 is 3.20 bits per heavy atom. The van der Waals surface area contributed by atoms with E-state index in [-0.39, 0.29) is 11.9 Å². The SMILES string of the molecule is Cn1ncc2c1CCCC2NC(=O)CCC1CCCN1. The highest BCUT2D eigenvalue weighted by atomic mass is 16.1. The van der Waals surface area contributed by atoms with Crippen LogP contribution in [0.3, 0.4) is 0 Å². The standard InChI is InChI=1S/C15H24N4O/c1-19-14-6-2-5-13(12(14)10-17-19)18-15(20)8-7-11-4-3-9-16-11/h10-11,13,16H,2-9H2,1H3,(H,18,20). The van der Waals surface area contributed by atoms with Gasteiger partial charge in [0.1, 0.15) is 0 Å². The molecule has 0 saturated carbocycles. The molecule has 1 fully saturated rings. The highest BCUT2D eigenvalue weighted by Gasteiger charge is 2.25. The van der Waals surface area contributed by atoms with Gasteiger partial charge < -0.3 is 10.6 Å². The van der Waals surface area contributed by atoms with E-state index in [2.05, 4.69) is 15.7 Å². The third kappa shape index (κ3) is 2.87. The molecule has 1 amide bonds. The van der Waals surface area contributed by atoms with E-state index in [4.69, 9.17) is 0 Å². The quantitative estimate of drug-likeness (QED) is 0.875. The van der Waals surface area contributed by atoms with Gasteiger partial charge in [-0.25, -0.2) is 0 Å². The van der Waals surface area contributed by atoms with Crippen molar-refractivity contribution in [3.8, 4) is 0 Å². The molecule has 0 radical (unpaired) electrons. The summed E-state index contributed by atoms with van der Waals surface area (Å²) in [4.78, 5) is 12.1. The van der Waals surface area contributed by atoms with E-state index in [0.717, 1.165) is 32.2 Å². The Balaban J connectivity index is 1.54. The molecular formula is C15H24N4O. The van der Waals surface area contributed by atoms with Gasteiger partial charge in [0, 0.05) is 30.8 Å². The largest absolute Gasteiger partial charge is 0.349 e. The molecule has 2 aliphatic rings. The number of aryl methyl sites for hydroxylation is 1. The van der Waals surface area contributed by atoms with Crippen LogP contribution in [0.15, 0.2) is 6.20 Å². The first kappa shape index (κ1) is 13.6. The van der Waals surface area contributed by atoms with E-state index < -0.39 is 0 Å². The average Bonchev–Trinajstić information content (AvgIpc) is 3.08. The molecule has 2 atom stereocenters. The van der Waals surface area contributed by atoms with Crippen molar-refractivity contribution < 1.29 is 4.79 Å². The summed E-state index contributed by atoms with van der Waals surface area (Å²) >= 11 is 0. The Labute approximate surface area is 120 Å². The van der Waals surface area contributed by atoms with Gasteiger partial charge in [0.2, 0.25) is 5.91 Å². The maximum Gasteiger partial charge on any atom is 0.220 e. The normalized spacial score (nSPS) is 25.4. The average molecular weight is 276 g/mol. The number of amides is 1. The van der Waals surface area contributed by atoms with Crippen LogP contribution >= 0.6 is 0 Å². The fourth-order valence-electron chi connectivity index (χ4n) is 3.43. The number of hydrogen-bond acceptors (Lipinski definition) is 3. The second-order valence-corrected chi connectivity index (χ2v) is 6.01. The molecule has 0 aromatic carbocycles. The number of nitrogens with zero attached hydrogens (tertiary/aromatic N) is 2. The molecule has 3 rings (SSSR count). The van der Waals surface area contributed by atoms with Gasteiger partial charge in [-0.15, -0.1) is 0 Å². The summed E-state index contributed by atoms with van der Waals surface area (Å²) < 4.78 is 1.94. The highest BCUT2D eigenvalue weighted by Crippen LogP contribution is 2.29. The van der Waals surface area contributed by atoms with Crippen LogP contribution in [0.25, 0.3) is 0 Å². The number of carbonyl (C=O) groups is 1. The van der Waals surface area contributed by atoms with Gasteiger partial charge in [-0.05, 0) is 45.1 Å². The summed E-state index contributed by atoms with van der Waals surface area (Å²) in [7, 11) is 1.98. The van der Waals surface area contributed by atoms with Crippen LogP contribution in [-0.4, -0.2) is 28.3 Å². The minimum Gasteiger partial charge on any atom is -0.349 e. The van der Waals surface area contributed by atoms with Crippen molar-refractivity contribution in [2.45, 2.75) is 57.0 Å². The summed E-state index contributed by atoms with van der Waals surface area (Å²) in [5, 5.41) is 11.0. The lowest BCUT2D eigenvalue weighted by Gasteiger charge is -2.24. The Morgan fingerprint density at radius 2 is 2.40 bits per heavy atom. The lowest BCUT2D eigenvalue weighted by molar-refractivity contribution is -0.122. The van der Waals surface area contributed by atoms with Gasteiger partial charge >= 0.3 is 0 Å². The first-order valence-electron chi connectivity index (χ1n) is 7.77. The molecule has 1 aromatic heterocycles. The molecule has 1 saturated heterocycles. The van der Waals surface area contributed by atoms with Crippen LogP contribution in [-0.2, 0) is 18.3 Å². The van der Waals surface area contributed by atoms with Crippen molar-refractivity contribution in [2.75, 3.05) is 6.54 Å². The van der Waals surface area contributed by atoms with Crippen LogP contribution in [0.1, 0.15) is 55.8 Å². The molecule has 1 aliphatic carbocycles. The summed E-state index contributed by atoms with van der Waals surface area (Å²) in [5.41, 5.74) is 2.49. The molecule has 2 N–H and O–H groups in total. The van der Waals surface area contributed by atoms with E-state index in [9.17, 15) is 4.79 Å². The van der Waals surface area contributed by atoms with Crippen molar-refractivity contribution in [2.24, 2.45) is 7.05 Å². The zero-order valence-corrected chi connectivity index (χ0v) is 12.2. The molecule has 1 aliphatic heterocycles. The number of rotatable bonds is 4. The maximum absolute atomic E-state index is 12.1. The molecule has 110 valence electrons. The van der Waals surface area contributed by atoms with Crippen molar-refractivity contribution in [3.63, 3.8) is 0 Å². The van der Waals surface area contributed by atoms with Crippen molar-refractivity contribution in [1.29, 1.82) is 0 Å². The van der Waals surface area contributed by atoms with E-state index in [1.165, 1.54) is 24.1 Å². The molecule has 0 bridgehead atoms. The summed E-state index contributed by atoms with van der Waals surface area (Å²) in [6, 6.07) is 0.706. The minimum atomic E-state index is 0.163. The summed E-state index contributed by atoms with van der Waals surface area (Å²) in [5.74, 6) is 0.181. The minimum absolute atomic E-state index is 0.163.